The van der Waals surface area contributed by atoms with Crippen LogP contribution < -0.4 is 15.8 Å². The minimum absolute atomic E-state index is 0. The normalized spacial score (nSPS) is 17.9. The maximum absolute atomic E-state index is 14.1. The first-order valence-corrected chi connectivity index (χ1v) is 6.02. The summed E-state index contributed by atoms with van der Waals surface area (Å²) in [6.45, 7) is 1.92. The summed E-state index contributed by atoms with van der Waals surface area (Å²) in [5.74, 6) is 0.297. The molecule has 1 heterocycles. The van der Waals surface area contributed by atoms with Crippen LogP contribution in [0.25, 0.3) is 0 Å². The number of rotatable bonds is 3. The van der Waals surface area contributed by atoms with Crippen molar-refractivity contribution in [3.05, 3.63) is 29.6 Å². The summed E-state index contributed by atoms with van der Waals surface area (Å²) < 4.78 is 19.0. The molecule has 0 saturated carbocycles. The molecule has 18 heavy (non-hydrogen) atoms. The van der Waals surface area contributed by atoms with Crippen LogP contribution in [0, 0.1) is 11.7 Å². The van der Waals surface area contributed by atoms with Gasteiger partial charge in [0.2, 0.25) is 0 Å². The third-order valence-corrected chi connectivity index (χ3v) is 3.46. The van der Waals surface area contributed by atoms with Crippen LogP contribution >= 0.6 is 12.4 Å². The van der Waals surface area contributed by atoms with E-state index in [1.165, 1.54) is 7.11 Å². The second-order valence-corrected chi connectivity index (χ2v) is 4.48. The van der Waals surface area contributed by atoms with Crippen LogP contribution in [0.15, 0.2) is 18.2 Å². The molecule has 0 amide bonds. The van der Waals surface area contributed by atoms with Crippen molar-refractivity contribution in [3.63, 3.8) is 0 Å². The first-order chi connectivity index (χ1) is 8.24. The predicted molar refractivity (Wildman–Crippen MR) is 72.7 cm³/mol. The number of nitrogens with two attached hydrogens (primary N) is 1. The fraction of sp³-hybridized carbons (Fsp3) is 0.538. The van der Waals surface area contributed by atoms with Crippen LogP contribution in [0.2, 0.25) is 0 Å². The number of hydrogen-bond donors (Lipinski definition) is 2. The van der Waals surface area contributed by atoms with E-state index in [0.717, 1.165) is 25.9 Å². The van der Waals surface area contributed by atoms with Gasteiger partial charge in [-0.2, -0.15) is 0 Å². The van der Waals surface area contributed by atoms with Gasteiger partial charge in [-0.05, 0) is 37.9 Å². The van der Waals surface area contributed by atoms with Gasteiger partial charge in [0.05, 0.1) is 7.11 Å². The monoisotopic (exact) mass is 274 g/mol. The molecular formula is C13H20ClFN2O. The van der Waals surface area contributed by atoms with Gasteiger partial charge >= 0.3 is 0 Å². The Morgan fingerprint density at radius 2 is 2.06 bits per heavy atom. The second kappa shape index (κ2) is 6.92. The molecule has 102 valence electrons. The first kappa shape index (κ1) is 15.2. The lowest BCUT2D eigenvalue weighted by molar-refractivity contribution is 0.313. The minimum atomic E-state index is -0.318. The predicted octanol–water partition coefficient (Wildman–Crippen LogP) is 2.26. The molecule has 0 bridgehead atoms. The molecule has 1 aliphatic heterocycles. The van der Waals surface area contributed by atoms with Crippen molar-refractivity contribution >= 4 is 12.4 Å². The Balaban J connectivity index is 0.00000162. The van der Waals surface area contributed by atoms with E-state index in [1.807, 2.05) is 0 Å². The van der Waals surface area contributed by atoms with Crippen molar-refractivity contribution in [2.45, 2.75) is 18.9 Å². The van der Waals surface area contributed by atoms with Crippen molar-refractivity contribution in [3.8, 4) is 5.75 Å². The van der Waals surface area contributed by atoms with Crippen molar-refractivity contribution in [1.82, 2.24) is 5.32 Å². The highest BCUT2D eigenvalue weighted by Crippen LogP contribution is 2.31. The molecule has 1 fully saturated rings. The van der Waals surface area contributed by atoms with Gasteiger partial charge in [-0.3, -0.25) is 0 Å². The third kappa shape index (κ3) is 3.13. The standard InChI is InChI=1S/C13H19FN2O.ClH/c1-17-11-4-2-3-10(12(11)14)13(15)9-5-7-16-8-6-9;/h2-4,9,13,16H,5-8,15H2,1H3;1H/t13-;/m1./s1. The van der Waals surface area contributed by atoms with Crippen LogP contribution in [-0.4, -0.2) is 20.2 Å². The lowest BCUT2D eigenvalue weighted by Gasteiger charge is -2.28. The van der Waals surface area contributed by atoms with Crippen LogP contribution in [0.4, 0.5) is 4.39 Å². The van der Waals surface area contributed by atoms with Crippen LogP contribution in [-0.2, 0) is 0 Å². The SMILES string of the molecule is COc1cccc([C@H](N)C2CCNCC2)c1F.Cl. The number of halogens is 2. The molecule has 0 aromatic heterocycles. The molecule has 0 aliphatic carbocycles. The molecule has 3 N–H and O–H groups in total. The number of methoxy groups -OCH3 is 1. The first-order valence-electron chi connectivity index (χ1n) is 6.02. The van der Waals surface area contributed by atoms with Crippen molar-refractivity contribution in [1.29, 1.82) is 0 Å². The summed E-state index contributed by atoms with van der Waals surface area (Å²) in [5, 5.41) is 3.28. The molecule has 0 radical (unpaired) electrons. The van der Waals surface area contributed by atoms with Crippen LogP contribution in [0.3, 0.4) is 0 Å². The van der Waals surface area contributed by atoms with E-state index in [9.17, 15) is 4.39 Å². The Morgan fingerprint density at radius 1 is 1.39 bits per heavy atom. The van der Waals surface area contributed by atoms with E-state index < -0.39 is 0 Å². The topological polar surface area (TPSA) is 47.3 Å². The van der Waals surface area contributed by atoms with Crippen molar-refractivity contribution in [2.24, 2.45) is 11.7 Å². The fourth-order valence-corrected chi connectivity index (χ4v) is 2.40. The van der Waals surface area contributed by atoms with E-state index in [4.69, 9.17) is 10.5 Å². The molecule has 0 spiro atoms. The number of nitrogens with one attached hydrogen (secondary N) is 1. The Morgan fingerprint density at radius 3 is 2.67 bits per heavy atom. The Labute approximate surface area is 113 Å². The summed E-state index contributed by atoms with van der Waals surface area (Å²) >= 11 is 0. The largest absolute Gasteiger partial charge is 0.494 e. The highest BCUT2D eigenvalue weighted by Gasteiger charge is 2.24. The molecule has 1 aliphatic rings. The van der Waals surface area contributed by atoms with E-state index in [2.05, 4.69) is 5.32 Å². The molecule has 2 rings (SSSR count). The van der Waals surface area contributed by atoms with Gasteiger partial charge in [0.15, 0.2) is 11.6 Å². The van der Waals surface area contributed by atoms with Crippen molar-refractivity contribution in [2.75, 3.05) is 20.2 Å². The van der Waals surface area contributed by atoms with Gasteiger partial charge in [0.25, 0.3) is 0 Å². The molecule has 3 nitrogen and oxygen atoms in total. The minimum Gasteiger partial charge on any atom is -0.494 e. The van der Waals surface area contributed by atoms with Crippen LogP contribution in [0.1, 0.15) is 24.4 Å². The quantitative estimate of drug-likeness (QED) is 0.889. The molecule has 5 heteroatoms. The smallest absolute Gasteiger partial charge is 0.169 e. The average Bonchev–Trinajstić information content (AvgIpc) is 2.39. The van der Waals surface area contributed by atoms with E-state index >= 15 is 0 Å². The highest BCUT2D eigenvalue weighted by molar-refractivity contribution is 5.85. The van der Waals surface area contributed by atoms with Gasteiger partial charge in [-0.15, -0.1) is 12.4 Å². The summed E-state index contributed by atoms with van der Waals surface area (Å²) in [7, 11) is 1.47. The average molecular weight is 275 g/mol. The maximum Gasteiger partial charge on any atom is 0.169 e. The van der Waals surface area contributed by atoms with Gasteiger partial charge < -0.3 is 15.8 Å². The fourth-order valence-electron chi connectivity index (χ4n) is 2.40. The lowest BCUT2D eigenvalue weighted by atomic mass is 9.86. The number of benzene rings is 1. The zero-order valence-corrected chi connectivity index (χ0v) is 11.3. The molecule has 1 aromatic carbocycles. The third-order valence-electron chi connectivity index (χ3n) is 3.46. The zero-order valence-electron chi connectivity index (χ0n) is 10.5. The Kier molecular flexibility index (Phi) is 5.85. The molecule has 1 atom stereocenters. The molecule has 1 aromatic rings. The van der Waals surface area contributed by atoms with Gasteiger partial charge in [-0.25, -0.2) is 4.39 Å². The second-order valence-electron chi connectivity index (χ2n) is 4.48. The molecule has 0 unspecified atom stereocenters. The maximum atomic E-state index is 14.1. The lowest BCUT2D eigenvalue weighted by Crippen LogP contribution is -2.34. The van der Waals surface area contributed by atoms with E-state index in [1.54, 1.807) is 18.2 Å². The van der Waals surface area contributed by atoms with Crippen LogP contribution in [0.5, 0.6) is 5.75 Å². The zero-order chi connectivity index (χ0) is 12.3. The summed E-state index contributed by atoms with van der Waals surface area (Å²) in [6.07, 6.45) is 2.00. The highest BCUT2D eigenvalue weighted by atomic mass is 35.5. The molecule has 1 saturated heterocycles. The van der Waals surface area contributed by atoms with Crippen molar-refractivity contribution < 1.29 is 9.13 Å². The van der Waals surface area contributed by atoms with E-state index in [0.29, 0.717) is 11.5 Å². The van der Waals surface area contributed by atoms with Gasteiger partial charge in [-0.1, -0.05) is 12.1 Å². The summed E-state index contributed by atoms with van der Waals surface area (Å²) in [6, 6.07) is 4.92. The Bertz CT molecular complexity index is 383. The van der Waals surface area contributed by atoms with E-state index in [-0.39, 0.29) is 30.0 Å². The van der Waals surface area contributed by atoms with Gasteiger partial charge in [0.1, 0.15) is 0 Å². The Hall–Kier alpha value is -0.840. The molecular weight excluding hydrogens is 255 g/mol. The summed E-state index contributed by atoms with van der Waals surface area (Å²) in [4.78, 5) is 0. The summed E-state index contributed by atoms with van der Waals surface area (Å²) in [5.41, 5.74) is 6.74. The van der Waals surface area contributed by atoms with Gasteiger partial charge in [0, 0.05) is 11.6 Å². The number of hydrogen-bond acceptors (Lipinski definition) is 3. The number of ether oxygens (including phenoxy) is 1. The number of piperidine rings is 1.